The number of anilines is 1. The minimum Gasteiger partial charge on any atom is -0.365 e. The monoisotopic (exact) mass is 204 g/mol. The van der Waals surface area contributed by atoms with E-state index < -0.39 is 0 Å². The van der Waals surface area contributed by atoms with E-state index in [0.29, 0.717) is 11.4 Å². The molecule has 0 aliphatic rings. The average Bonchev–Trinajstić information content (AvgIpc) is 2.17. The number of aromatic nitrogens is 1. The van der Waals surface area contributed by atoms with Crippen molar-refractivity contribution in [1.82, 2.24) is 9.88 Å². The normalized spacial score (nSPS) is 12.2. The molecule has 0 amide bonds. The fourth-order valence-corrected chi connectivity index (χ4v) is 1.44. The van der Waals surface area contributed by atoms with Crippen molar-refractivity contribution < 1.29 is 0 Å². The van der Waals surface area contributed by atoms with Crippen molar-refractivity contribution in [3.63, 3.8) is 0 Å². The molecule has 0 aliphatic carbocycles. The highest BCUT2D eigenvalue weighted by molar-refractivity contribution is 5.51. The Hall–Kier alpha value is -1.60. The summed E-state index contributed by atoms with van der Waals surface area (Å²) in [5.41, 5.74) is 0.586. The standard InChI is InChI=1S/C11H16N4/c1-9(8-15(2)3)14-11-10(7-12)5-4-6-13-11/h4-6,9H,8H2,1-3H3,(H,13,14). The quantitative estimate of drug-likeness (QED) is 0.803. The predicted molar refractivity (Wildman–Crippen MR) is 60.6 cm³/mol. The number of nitrogens with zero attached hydrogens (tertiary/aromatic N) is 3. The maximum Gasteiger partial charge on any atom is 0.144 e. The van der Waals surface area contributed by atoms with Gasteiger partial charge < -0.3 is 10.2 Å². The summed E-state index contributed by atoms with van der Waals surface area (Å²) in [7, 11) is 4.03. The second kappa shape index (κ2) is 5.32. The van der Waals surface area contributed by atoms with Crippen LogP contribution < -0.4 is 5.32 Å². The lowest BCUT2D eigenvalue weighted by Gasteiger charge is -2.19. The molecule has 80 valence electrons. The van der Waals surface area contributed by atoms with Gasteiger partial charge in [-0.1, -0.05) is 0 Å². The Morgan fingerprint density at radius 2 is 2.33 bits per heavy atom. The summed E-state index contributed by atoms with van der Waals surface area (Å²) in [5.74, 6) is 0.661. The van der Waals surface area contributed by atoms with Crippen LogP contribution in [0.2, 0.25) is 0 Å². The molecule has 4 heteroatoms. The fraction of sp³-hybridized carbons (Fsp3) is 0.455. The van der Waals surface area contributed by atoms with Gasteiger partial charge in [-0.05, 0) is 33.2 Å². The largest absolute Gasteiger partial charge is 0.365 e. The van der Waals surface area contributed by atoms with Gasteiger partial charge in [0.25, 0.3) is 0 Å². The zero-order valence-corrected chi connectivity index (χ0v) is 9.36. The highest BCUT2D eigenvalue weighted by atomic mass is 15.1. The Balaban J connectivity index is 2.68. The first kappa shape index (κ1) is 11.5. The van der Waals surface area contributed by atoms with Gasteiger partial charge in [-0.25, -0.2) is 4.98 Å². The highest BCUT2D eigenvalue weighted by Gasteiger charge is 2.07. The second-order valence-corrected chi connectivity index (χ2v) is 3.82. The molecule has 1 N–H and O–H groups in total. The molecule has 1 aromatic heterocycles. The van der Waals surface area contributed by atoms with Gasteiger partial charge >= 0.3 is 0 Å². The van der Waals surface area contributed by atoms with E-state index in [2.05, 4.69) is 28.2 Å². The van der Waals surface area contributed by atoms with Crippen LogP contribution in [0.4, 0.5) is 5.82 Å². The van der Waals surface area contributed by atoms with Crippen LogP contribution in [0.1, 0.15) is 12.5 Å². The van der Waals surface area contributed by atoms with Crippen molar-refractivity contribution in [3.8, 4) is 6.07 Å². The van der Waals surface area contributed by atoms with Crippen molar-refractivity contribution in [2.24, 2.45) is 0 Å². The van der Waals surface area contributed by atoms with Gasteiger partial charge in [-0.15, -0.1) is 0 Å². The molecule has 0 spiro atoms. The van der Waals surface area contributed by atoms with E-state index in [1.54, 1.807) is 18.3 Å². The maximum absolute atomic E-state index is 8.87. The lowest BCUT2D eigenvalue weighted by molar-refractivity contribution is 0.392. The number of nitrogens with one attached hydrogen (secondary N) is 1. The van der Waals surface area contributed by atoms with Gasteiger partial charge in [0.1, 0.15) is 11.9 Å². The number of rotatable bonds is 4. The summed E-state index contributed by atoms with van der Waals surface area (Å²) >= 11 is 0. The molecular formula is C11H16N4. The molecule has 1 atom stereocenters. The summed E-state index contributed by atoms with van der Waals surface area (Å²) in [4.78, 5) is 6.23. The van der Waals surface area contributed by atoms with Crippen molar-refractivity contribution in [2.45, 2.75) is 13.0 Å². The summed E-state index contributed by atoms with van der Waals surface area (Å²) in [6.07, 6.45) is 1.69. The Morgan fingerprint density at radius 1 is 1.60 bits per heavy atom. The van der Waals surface area contributed by atoms with Gasteiger partial charge in [-0.2, -0.15) is 5.26 Å². The third kappa shape index (κ3) is 3.56. The Morgan fingerprint density at radius 3 is 2.93 bits per heavy atom. The summed E-state index contributed by atoms with van der Waals surface area (Å²) in [5, 5.41) is 12.1. The molecule has 0 radical (unpaired) electrons. The molecule has 1 aromatic rings. The molecule has 1 rings (SSSR count). The Kier molecular flexibility index (Phi) is 4.07. The van der Waals surface area contributed by atoms with Crippen LogP contribution in [0, 0.1) is 11.3 Å². The second-order valence-electron chi connectivity index (χ2n) is 3.82. The zero-order chi connectivity index (χ0) is 11.3. The van der Waals surface area contributed by atoms with E-state index in [9.17, 15) is 0 Å². The van der Waals surface area contributed by atoms with Gasteiger partial charge in [-0.3, -0.25) is 0 Å². The van der Waals surface area contributed by atoms with Crippen LogP contribution >= 0.6 is 0 Å². The lowest BCUT2D eigenvalue weighted by atomic mass is 10.2. The predicted octanol–water partition coefficient (Wildman–Crippen LogP) is 1.32. The third-order valence-corrected chi connectivity index (χ3v) is 1.95. The molecule has 1 unspecified atom stereocenters. The molecule has 15 heavy (non-hydrogen) atoms. The first-order valence-electron chi connectivity index (χ1n) is 4.90. The van der Waals surface area contributed by atoms with Gasteiger partial charge in [0.05, 0.1) is 5.56 Å². The van der Waals surface area contributed by atoms with Gasteiger partial charge in [0.15, 0.2) is 0 Å². The fourth-order valence-electron chi connectivity index (χ4n) is 1.44. The molecule has 0 fully saturated rings. The van der Waals surface area contributed by atoms with Crippen LogP contribution in [0.3, 0.4) is 0 Å². The molecule has 1 heterocycles. The van der Waals surface area contributed by atoms with Crippen molar-refractivity contribution in [1.29, 1.82) is 5.26 Å². The van der Waals surface area contributed by atoms with E-state index in [1.165, 1.54) is 0 Å². The molecule has 0 bridgehead atoms. The van der Waals surface area contributed by atoms with Crippen LogP contribution in [0.25, 0.3) is 0 Å². The van der Waals surface area contributed by atoms with Crippen molar-refractivity contribution in [2.75, 3.05) is 26.0 Å². The minimum atomic E-state index is 0.266. The number of hydrogen-bond donors (Lipinski definition) is 1. The lowest BCUT2D eigenvalue weighted by Crippen LogP contribution is -2.30. The summed E-state index contributed by atoms with van der Waals surface area (Å²) in [6, 6.07) is 5.91. The molecular weight excluding hydrogens is 188 g/mol. The maximum atomic E-state index is 8.87. The number of likely N-dealkylation sites (N-methyl/N-ethyl adjacent to an activating group) is 1. The zero-order valence-electron chi connectivity index (χ0n) is 9.36. The molecule has 0 saturated heterocycles. The highest BCUT2D eigenvalue weighted by Crippen LogP contribution is 2.10. The number of pyridine rings is 1. The van der Waals surface area contributed by atoms with E-state index in [1.807, 2.05) is 14.1 Å². The van der Waals surface area contributed by atoms with Gasteiger partial charge in [0, 0.05) is 18.8 Å². The average molecular weight is 204 g/mol. The Labute approximate surface area is 90.5 Å². The summed E-state index contributed by atoms with van der Waals surface area (Å²) in [6.45, 7) is 2.97. The molecule has 0 saturated carbocycles. The van der Waals surface area contributed by atoms with Crippen molar-refractivity contribution in [3.05, 3.63) is 23.9 Å². The van der Waals surface area contributed by atoms with E-state index in [4.69, 9.17) is 5.26 Å². The smallest absolute Gasteiger partial charge is 0.144 e. The van der Waals surface area contributed by atoms with Crippen LogP contribution in [0.15, 0.2) is 18.3 Å². The van der Waals surface area contributed by atoms with E-state index >= 15 is 0 Å². The number of hydrogen-bond acceptors (Lipinski definition) is 4. The van der Waals surface area contributed by atoms with Crippen molar-refractivity contribution >= 4 is 5.82 Å². The van der Waals surface area contributed by atoms with Crippen LogP contribution in [-0.4, -0.2) is 36.6 Å². The topological polar surface area (TPSA) is 52.0 Å². The van der Waals surface area contributed by atoms with E-state index in [0.717, 1.165) is 6.54 Å². The summed E-state index contributed by atoms with van der Waals surface area (Å²) < 4.78 is 0. The first-order valence-corrected chi connectivity index (χ1v) is 4.90. The molecule has 0 aliphatic heterocycles. The first-order chi connectivity index (χ1) is 7.13. The van der Waals surface area contributed by atoms with E-state index in [-0.39, 0.29) is 6.04 Å². The number of nitriles is 1. The van der Waals surface area contributed by atoms with Gasteiger partial charge in [0.2, 0.25) is 0 Å². The third-order valence-electron chi connectivity index (χ3n) is 1.95. The molecule has 4 nitrogen and oxygen atoms in total. The van der Waals surface area contributed by atoms with Crippen LogP contribution in [-0.2, 0) is 0 Å². The Bertz CT molecular complexity index is 354. The minimum absolute atomic E-state index is 0.266. The van der Waals surface area contributed by atoms with Crippen LogP contribution in [0.5, 0.6) is 0 Å². The molecule has 0 aromatic carbocycles. The SMILES string of the molecule is CC(CN(C)C)Nc1ncccc1C#N.